The Morgan fingerprint density at radius 2 is 1.98 bits per heavy atom. The van der Waals surface area contributed by atoms with Crippen LogP contribution in [0.25, 0.3) is 0 Å². The number of hydrogen-bond donors (Lipinski definition) is 2. The first-order valence-corrected chi connectivity index (χ1v) is 15.4. The number of rotatable bonds is 16. The number of carbonyl (C=O) groups is 4. The second kappa shape index (κ2) is 16.4. The predicted octanol–water partition coefficient (Wildman–Crippen LogP) is 1.82. The summed E-state index contributed by atoms with van der Waals surface area (Å²) >= 11 is 0. The van der Waals surface area contributed by atoms with E-state index >= 15 is 0 Å². The number of amides is 4. The molecule has 3 aliphatic rings. The van der Waals surface area contributed by atoms with Crippen LogP contribution in [0.4, 0.5) is 11.4 Å². The van der Waals surface area contributed by atoms with E-state index in [-0.39, 0.29) is 24.9 Å². The monoisotopic (exact) mass is 595 g/mol. The Morgan fingerprint density at radius 3 is 2.74 bits per heavy atom. The molecule has 43 heavy (non-hydrogen) atoms. The lowest BCUT2D eigenvalue weighted by Gasteiger charge is -2.32. The number of benzene rings is 1. The lowest BCUT2D eigenvalue weighted by molar-refractivity contribution is -0.134. The van der Waals surface area contributed by atoms with Crippen molar-refractivity contribution in [3.8, 4) is 11.8 Å². The summed E-state index contributed by atoms with van der Waals surface area (Å²) in [5.74, 6) is 5.54. The van der Waals surface area contributed by atoms with Crippen LogP contribution in [0.3, 0.4) is 0 Å². The standard InChI is InChI=1S/C32H45N5O6/c1-35(2)30-20-24(8-11-28(30)37(23-39)29-12-13-31(40)34-32(29)41)6-3-4-18-43-27(14-16-33-22-38)15-19-42-21-26-10-9-25-7-5-17-36(25)26/h8,11,20,22-23,25-27,29H,4-5,7,9-10,12-19,21H2,1-2H3,(H,33,38)(H,34,40,41). The Hall–Kier alpha value is -3.46. The van der Waals surface area contributed by atoms with Gasteiger partial charge in [0.15, 0.2) is 0 Å². The minimum Gasteiger partial charge on any atom is -0.380 e. The van der Waals surface area contributed by atoms with E-state index < -0.39 is 11.9 Å². The molecule has 2 N–H and O–H groups in total. The second-order valence-electron chi connectivity index (χ2n) is 11.6. The first-order chi connectivity index (χ1) is 20.9. The summed E-state index contributed by atoms with van der Waals surface area (Å²) in [5.41, 5.74) is 2.08. The van der Waals surface area contributed by atoms with Crippen molar-refractivity contribution in [2.24, 2.45) is 0 Å². The molecule has 3 heterocycles. The molecule has 4 unspecified atom stereocenters. The molecule has 1 aromatic carbocycles. The normalized spacial score (nSPS) is 22.2. The molecule has 4 rings (SSSR count). The van der Waals surface area contributed by atoms with E-state index in [2.05, 4.69) is 27.4 Å². The molecule has 11 nitrogen and oxygen atoms in total. The van der Waals surface area contributed by atoms with Gasteiger partial charge in [-0.15, -0.1) is 0 Å². The molecular formula is C32H45N5O6. The molecule has 11 heteroatoms. The van der Waals surface area contributed by atoms with E-state index in [4.69, 9.17) is 9.47 Å². The van der Waals surface area contributed by atoms with Gasteiger partial charge in [0.2, 0.25) is 24.6 Å². The van der Waals surface area contributed by atoms with Gasteiger partial charge in [0, 0.05) is 57.7 Å². The van der Waals surface area contributed by atoms with E-state index in [9.17, 15) is 19.2 Å². The van der Waals surface area contributed by atoms with Gasteiger partial charge in [-0.1, -0.05) is 11.8 Å². The fourth-order valence-corrected chi connectivity index (χ4v) is 6.29. The first kappa shape index (κ1) is 32.5. The van der Waals surface area contributed by atoms with Crippen molar-refractivity contribution in [1.82, 2.24) is 15.5 Å². The van der Waals surface area contributed by atoms with Gasteiger partial charge >= 0.3 is 0 Å². The van der Waals surface area contributed by atoms with Crippen molar-refractivity contribution in [2.75, 3.05) is 56.8 Å². The van der Waals surface area contributed by atoms with Crippen molar-refractivity contribution < 1.29 is 28.7 Å². The molecule has 0 radical (unpaired) electrons. The van der Waals surface area contributed by atoms with Crippen LogP contribution in [-0.4, -0.2) is 101 Å². The van der Waals surface area contributed by atoms with Crippen LogP contribution in [0, 0.1) is 11.8 Å². The zero-order valence-corrected chi connectivity index (χ0v) is 25.4. The molecule has 0 bridgehead atoms. The number of ether oxygens (including phenoxy) is 2. The Kier molecular flexibility index (Phi) is 12.4. The summed E-state index contributed by atoms with van der Waals surface area (Å²) < 4.78 is 12.2. The lowest BCUT2D eigenvalue weighted by atomic mass is 10.0. The van der Waals surface area contributed by atoms with E-state index in [1.54, 1.807) is 6.07 Å². The Morgan fingerprint density at radius 1 is 1.12 bits per heavy atom. The Bertz CT molecular complexity index is 1180. The van der Waals surface area contributed by atoms with Gasteiger partial charge in [-0.2, -0.15) is 0 Å². The fourth-order valence-electron chi connectivity index (χ4n) is 6.29. The van der Waals surface area contributed by atoms with Crippen LogP contribution in [-0.2, 0) is 28.7 Å². The SMILES string of the molecule is CN(C)c1cc(C#CCCOC(CCNC=O)CCOCC2CCC3CCCN32)ccc1N(C=O)C1CCC(=O)NC1=O. The molecular weight excluding hydrogens is 550 g/mol. The number of hydrogen-bond acceptors (Lipinski definition) is 8. The highest BCUT2D eigenvalue weighted by Crippen LogP contribution is 2.33. The summed E-state index contributed by atoms with van der Waals surface area (Å²) in [6.45, 7) is 3.61. The first-order valence-electron chi connectivity index (χ1n) is 15.4. The van der Waals surface area contributed by atoms with Gasteiger partial charge in [-0.25, -0.2) is 0 Å². The Balaban J connectivity index is 1.27. The summed E-state index contributed by atoms with van der Waals surface area (Å²) in [4.78, 5) is 52.6. The smallest absolute Gasteiger partial charge is 0.249 e. The number of imide groups is 1. The number of piperidine rings is 1. The van der Waals surface area contributed by atoms with Crippen molar-refractivity contribution in [1.29, 1.82) is 0 Å². The topological polar surface area (TPSA) is 121 Å². The third kappa shape index (κ3) is 9.02. The highest BCUT2D eigenvalue weighted by molar-refractivity contribution is 6.04. The molecule has 0 aliphatic carbocycles. The molecule has 4 atom stereocenters. The number of fused-ring (bicyclic) bond motifs is 1. The third-order valence-corrected chi connectivity index (χ3v) is 8.52. The molecule has 234 valence electrons. The zero-order valence-electron chi connectivity index (χ0n) is 25.4. The average Bonchev–Trinajstić information content (AvgIpc) is 3.61. The highest BCUT2D eigenvalue weighted by Gasteiger charge is 2.36. The maximum atomic E-state index is 12.4. The molecule has 0 saturated carbocycles. The average molecular weight is 596 g/mol. The van der Waals surface area contributed by atoms with E-state index in [1.165, 1.54) is 37.1 Å². The Labute approximate surface area is 254 Å². The lowest BCUT2D eigenvalue weighted by Crippen LogP contribution is -2.52. The predicted molar refractivity (Wildman–Crippen MR) is 164 cm³/mol. The van der Waals surface area contributed by atoms with Crippen molar-refractivity contribution >= 4 is 36.0 Å². The largest absolute Gasteiger partial charge is 0.380 e. The molecule has 4 amide bonds. The number of nitrogens with one attached hydrogen (secondary N) is 2. The van der Waals surface area contributed by atoms with Crippen LogP contribution in [0.1, 0.15) is 63.4 Å². The highest BCUT2D eigenvalue weighted by atomic mass is 16.5. The van der Waals surface area contributed by atoms with Crippen LogP contribution in [0.2, 0.25) is 0 Å². The zero-order chi connectivity index (χ0) is 30.6. The van der Waals surface area contributed by atoms with Gasteiger partial charge < -0.3 is 24.6 Å². The number of nitrogens with zero attached hydrogens (tertiary/aromatic N) is 3. The van der Waals surface area contributed by atoms with Crippen LogP contribution >= 0.6 is 0 Å². The van der Waals surface area contributed by atoms with E-state index in [1.807, 2.05) is 31.1 Å². The molecule has 0 aromatic heterocycles. The summed E-state index contributed by atoms with van der Waals surface area (Å²) in [7, 11) is 3.72. The third-order valence-electron chi connectivity index (χ3n) is 8.52. The van der Waals surface area contributed by atoms with Crippen molar-refractivity contribution in [3.63, 3.8) is 0 Å². The maximum Gasteiger partial charge on any atom is 0.249 e. The fraction of sp³-hybridized carbons (Fsp3) is 0.625. The van der Waals surface area contributed by atoms with Crippen LogP contribution < -0.4 is 20.4 Å². The van der Waals surface area contributed by atoms with E-state index in [0.29, 0.717) is 57.1 Å². The maximum absolute atomic E-state index is 12.4. The van der Waals surface area contributed by atoms with E-state index in [0.717, 1.165) is 30.3 Å². The van der Waals surface area contributed by atoms with Gasteiger partial charge in [0.05, 0.1) is 30.7 Å². The summed E-state index contributed by atoms with van der Waals surface area (Å²) in [6.07, 6.45) is 8.91. The van der Waals surface area contributed by atoms with Crippen LogP contribution in [0.15, 0.2) is 18.2 Å². The quantitative estimate of drug-likeness (QED) is 0.129. The second-order valence-corrected chi connectivity index (χ2v) is 11.6. The molecule has 0 spiro atoms. The molecule has 1 aromatic rings. The van der Waals surface area contributed by atoms with Gasteiger partial charge in [-0.05, 0) is 69.7 Å². The molecule has 3 fully saturated rings. The van der Waals surface area contributed by atoms with Crippen LogP contribution in [0.5, 0.6) is 0 Å². The molecule has 3 saturated heterocycles. The van der Waals surface area contributed by atoms with Gasteiger partial charge in [0.25, 0.3) is 0 Å². The molecule has 3 aliphatic heterocycles. The van der Waals surface area contributed by atoms with Gasteiger partial charge in [0.1, 0.15) is 6.04 Å². The number of anilines is 2. The summed E-state index contributed by atoms with van der Waals surface area (Å²) in [5, 5.41) is 5.03. The van der Waals surface area contributed by atoms with Crippen molar-refractivity contribution in [2.45, 2.75) is 82.0 Å². The summed E-state index contributed by atoms with van der Waals surface area (Å²) in [6, 6.07) is 6.03. The van der Waals surface area contributed by atoms with Gasteiger partial charge in [-0.3, -0.25) is 29.4 Å². The number of carbonyl (C=O) groups excluding carboxylic acids is 4. The van der Waals surface area contributed by atoms with Crippen molar-refractivity contribution in [3.05, 3.63) is 23.8 Å². The minimum absolute atomic E-state index is 0.0291. The minimum atomic E-state index is -0.747.